The quantitative estimate of drug-likeness (QED) is 0.341. The van der Waals surface area contributed by atoms with E-state index >= 15 is 0 Å². The number of carbonyl (C=O) groups excluding carboxylic acids is 3. The van der Waals surface area contributed by atoms with E-state index in [-0.39, 0.29) is 17.0 Å². The van der Waals surface area contributed by atoms with E-state index in [0.29, 0.717) is 21.3 Å². The molecule has 1 aliphatic carbocycles. The van der Waals surface area contributed by atoms with Gasteiger partial charge in [0.2, 0.25) is 17.7 Å². The Kier molecular flexibility index (Phi) is 7.80. The summed E-state index contributed by atoms with van der Waals surface area (Å²) in [6, 6.07) is 6.60. The Morgan fingerprint density at radius 1 is 1.19 bits per heavy atom. The predicted octanol–water partition coefficient (Wildman–Crippen LogP) is 5.13. The molecule has 3 amide bonds. The van der Waals surface area contributed by atoms with Gasteiger partial charge in [0, 0.05) is 39.2 Å². The molecular weight excluding hydrogens is 596 g/mol. The molecule has 0 bridgehead atoms. The van der Waals surface area contributed by atoms with Crippen molar-refractivity contribution in [1.82, 2.24) is 5.32 Å². The normalized spacial score (nSPS) is 27.0. The average molecular weight is 623 g/mol. The van der Waals surface area contributed by atoms with E-state index in [2.05, 4.69) is 16.0 Å². The number of amides is 3. The average Bonchev–Trinajstić information content (AvgIpc) is 3.57. The first-order chi connectivity index (χ1) is 19.8. The van der Waals surface area contributed by atoms with Crippen molar-refractivity contribution < 1.29 is 32.3 Å². The monoisotopic (exact) mass is 622 g/mol. The highest BCUT2D eigenvalue weighted by Gasteiger charge is 2.67. The second-order valence-electron chi connectivity index (χ2n) is 10.6. The zero-order valence-corrected chi connectivity index (χ0v) is 23.9. The number of hydrogen-bond acceptors (Lipinski definition) is 5. The number of allylic oxidation sites excluding steroid dienone is 4. The van der Waals surface area contributed by atoms with Crippen LogP contribution in [0.15, 0.2) is 59.7 Å². The zero-order valence-electron chi connectivity index (χ0n) is 22.4. The molecule has 6 atom stereocenters. The number of halogens is 5. The van der Waals surface area contributed by atoms with Crippen LogP contribution in [-0.2, 0) is 15.0 Å². The fourth-order valence-corrected chi connectivity index (χ4v) is 6.80. The van der Waals surface area contributed by atoms with Crippen molar-refractivity contribution in [3.63, 3.8) is 0 Å². The van der Waals surface area contributed by atoms with Gasteiger partial charge in [-0.2, -0.15) is 13.2 Å². The van der Waals surface area contributed by atoms with Gasteiger partial charge in [-0.05, 0) is 48.4 Å². The first-order valence-corrected chi connectivity index (χ1v) is 13.8. The van der Waals surface area contributed by atoms with Gasteiger partial charge in [-0.15, -0.1) is 0 Å². The number of ether oxygens (including phenoxy) is 1. The maximum atomic E-state index is 14.1. The maximum absolute atomic E-state index is 14.1. The van der Waals surface area contributed by atoms with Gasteiger partial charge in [-0.1, -0.05) is 48.3 Å². The van der Waals surface area contributed by atoms with Gasteiger partial charge in [-0.3, -0.25) is 14.4 Å². The fourth-order valence-electron chi connectivity index (χ4n) is 6.34. The Hall–Kier alpha value is -3.54. The molecule has 2 unspecified atom stereocenters. The summed E-state index contributed by atoms with van der Waals surface area (Å²) < 4.78 is 47.0. The standard InChI is InChI=1S/C29H27Cl2F3N4O4/c1-13(29(32,33)34)10-22-28(17-8-7-15(30)12-20(17)37-27(28)41)23(16-4-3-5-18(16)31)24(38-22)26(40)36-19-9-6-14(25(35)39)11-21(19)42-2/h3-9,11-13,16,22-24,38H,10H2,1-2H3,(H2,35,39)(H,36,40)(H,37,41)/t13-,16?,22-,23?,24+,28+/m0/s1. The van der Waals surface area contributed by atoms with Gasteiger partial charge in [0.15, 0.2) is 0 Å². The Balaban J connectivity index is 1.64. The van der Waals surface area contributed by atoms with Gasteiger partial charge >= 0.3 is 6.18 Å². The number of nitrogens with one attached hydrogen (secondary N) is 3. The highest BCUT2D eigenvalue weighted by atomic mass is 35.5. The SMILES string of the molecule is COc1cc(C(N)=O)ccc1NC(=O)[C@@H]1N[C@@H](C[C@H](C)C(F)(F)F)[C@@]2(C(=O)Nc3cc(Cl)ccc32)C1C1C=CC=C1Cl. The highest BCUT2D eigenvalue weighted by molar-refractivity contribution is 6.31. The molecule has 1 fully saturated rings. The molecular formula is C29H27Cl2F3N4O4. The third kappa shape index (κ3) is 4.93. The lowest BCUT2D eigenvalue weighted by Gasteiger charge is -2.38. The van der Waals surface area contributed by atoms with Gasteiger partial charge in [-0.25, -0.2) is 0 Å². The van der Waals surface area contributed by atoms with E-state index in [1.54, 1.807) is 30.4 Å². The molecule has 42 heavy (non-hydrogen) atoms. The van der Waals surface area contributed by atoms with E-state index in [0.717, 1.165) is 6.92 Å². The van der Waals surface area contributed by atoms with Crippen LogP contribution in [0.5, 0.6) is 5.75 Å². The van der Waals surface area contributed by atoms with Crippen LogP contribution in [0.3, 0.4) is 0 Å². The minimum Gasteiger partial charge on any atom is -0.495 e. The molecule has 222 valence electrons. The maximum Gasteiger partial charge on any atom is 0.391 e. The molecule has 1 saturated heterocycles. The van der Waals surface area contributed by atoms with Crippen LogP contribution in [0, 0.1) is 17.8 Å². The Morgan fingerprint density at radius 2 is 1.93 bits per heavy atom. The molecule has 3 aliphatic rings. The third-order valence-corrected chi connectivity index (χ3v) is 8.93. The number of benzene rings is 2. The van der Waals surface area contributed by atoms with Crippen LogP contribution in [0.4, 0.5) is 24.5 Å². The van der Waals surface area contributed by atoms with Gasteiger partial charge in [0.25, 0.3) is 0 Å². The number of hydrogen-bond donors (Lipinski definition) is 4. The van der Waals surface area contributed by atoms with E-state index in [9.17, 15) is 27.6 Å². The van der Waals surface area contributed by atoms with Gasteiger partial charge < -0.3 is 26.4 Å². The topological polar surface area (TPSA) is 123 Å². The second kappa shape index (κ2) is 10.9. The second-order valence-corrected chi connectivity index (χ2v) is 11.5. The van der Waals surface area contributed by atoms with Crippen LogP contribution >= 0.6 is 23.2 Å². The summed E-state index contributed by atoms with van der Waals surface area (Å²) in [6.45, 7) is 1.04. The number of nitrogens with two attached hydrogens (primary N) is 1. The minimum absolute atomic E-state index is 0.142. The molecule has 8 nitrogen and oxygen atoms in total. The molecule has 0 aromatic heterocycles. The summed E-state index contributed by atoms with van der Waals surface area (Å²) in [5.41, 5.74) is 4.87. The number of fused-ring (bicyclic) bond motifs is 2. The van der Waals surface area contributed by atoms with E-state index in [1.165, 1.54) is 31.4 Å². The molecule has 2 aromatic carbocycles. The van der Waals surface area contributed by atoms with Crippen LogP contribution in [0.1, 0.15) is 29.3 Å². The van der Waals surface area contributed by atoms with E-state index in [4.69, 9.17) is 33.7 Å². The van der Waals surface area contributed by atoms with Crippen molar-refractivity contribution in [3.8, 4) is 5.75 Å². The molecule has 0 radical (unpaired) electrons. The number of primary amides is 1. The smallest absolute Gasteiger partial charge is 0.391 e. The fraction of sp³-hybridized carbons (Fsp3) is 0.345. The van der Waals surface area contributed by atoms with Gasteiger partial charge in [0.1, 0.15) is 5.75 Å². The summed E-state index contributed by atoms with van der Waals surface area (Å²) in [5, 5.41) is 9.32. The summed E-state index contributed by atoms with van der Waals surface area (Å²) in [4.78, 5) is 39.7. The number of rotatable bonds is 7. The van der Waals surface area contributed by atoms with Crippen molar-refractivity contribution in [3.05, 3.63) is 75.8 Å². The Labute approximate surface area is 249 Å². The van der Waals surface area contributed by atoms with Gasteiger partial charge in [0.05, 0.1) is 30.2 Å². The third-order valence-electron chi connectivity index (χ3n) is 8.32. The molecule has 1 spiro atoms. The number of carbonyl (C=O) groups is 3. The first kappa shape index (κ1) is 29.9. The molecule has 5 N–H and O–H groups in total. The first-order valence-electron chi connectivity index (χ1n) is 13.1. The largest absolute Gasteiger partial charge is 0.495 e. The van der Waals surface area contributed by atoms with Crippen molar-refractivity contribution in [1.29, 1.82) is 0 Å². The molecule has 13 heteroatoms. The summed E-state index contributed by atoms with van der Waals surface area (Å²) in [7, 11) is 1.34. The molecule has 2 aromatic rings. The zero-order chi connectivity index (χ0) is 30.6. The van der Waals surface area contributed by atoms with Crippen LogP contribution in [-0.4, -0.2) is 43.1 Å². The minimum atomic E-state index is -4.54. The van der Waals surface area contributed by atoms with Crippen molar-refractivity contribution in [2.45, 2.75) is 37.0 Å². The lowest BCUT2D eigenvalue weighted by Crippen LogP contribution is -2.52. The molecule has 2 heterocycles. The highest BCUT2D eigenvalue weighted by Crippen LogP contribution is 2.57. The van der Waals surface area contributed by atoms with Crippen molar-refractivity contribution in [2.75, 3.05) is 17.7 Å². The summed E-state index contributed by atoms with van der Waals surface area (Å²) >= 11 is 12.8. The summed E-state index contributed by atoms with van der Waals surface area (Å²) in [5.74, 6) is -5.16. The molecule has 5 rings (SSSR count). The number of anilines is 2. The van der Waals surface area contributed by atoms with Crippen LogP contribution in [0.2, 0.25) is 5.02 Å². The predicted molar refractivity (Wildman–Crippen MR) is 153 cm³/mol. The lowest BCUT2D eigenvalue weighted by molar-refractivity contribution is -0.173. The van der Waals surface area contributed by atoms with Crippen LogP contribution in [0.25, 0.3) is 0 Å². The van der Waals surface area contributed by atoms with E-state index < -0.39 is 65.6 Å². The van der Waals surface area contributed by atoms with E-state index in [1.807, 2.05) is 0 Å². The Morgan fingerprint density at radius 3 is 2.55 bits per heavy atom. The number of methoxy groups -OCH3 is 1. The Bertz CT molecular complexity index is 1530. The summed E-state index contributed by atoms with van der Waals surface area (Å²) in [6.07, 6.45) is 0.00461. The number of alkyl halides is 3. The molecule has 0 saturated carbocycles. The lowest BCUT2D eigenvalue weighted by atomic mass is 9.61. The van der Waals surface area contributed by atoms with Crippen LogP contribution < -0.4 is 26.4 Å². The van der Waals surface area contributed by atoms with Crippen molar-refractivity contribution in [2.24, 2.45) is 23.5 Å². The van der Waals surface area contributed by atoms with Crippen molar-refractivity contribution >= 4 is 52.3 Å². The molecule has 2 aliphatic heterocycles.